The molecule has 2 aromatic rings. The summed E-state index contributed by atoms with van der Waals surface area (Å²) in [6, 6.07) is 6.64. The minimum atomic E-state index is -0.336. The number of carbonyl (C=O) groups is 2. The number of rotatable bonds is 7. The van der Waals surface area contributed by atoms with Gasteiger partial charge in [0.05, 0.1) is 11.8 Å². The fraction of sp³-hybridized carbons (Fsp3) is 0.524. The Bertz CT molecular complexity index is 886. The van der Waals surface area contributed by atoms with Crippen LogP contribution < -0.4 is 10.6 Å². The van der Waals surface area contributed by atoms with Crippen molar-refractivity contribution in [1.82, 2.24) is 25.4 Å². The second-order valence-electron chi connectivity index (χ2n) is 7.83. The highest BCUT2D eigenvalue weighted by Crippen LogP contribution is 2.24. The van der Waals surface area contributed by atoms with Crippen molar-refractivity contribution in [2.24, 2.45) is 13.0 Å². The van der Waals surface area contributed by atoms with Crippen molar-refractivity contribution in [3.05, 3.63) is 40.7 Å². The highest BCUT2D eigenvalue weighted by Gasteiger charge is 2.23. The predicted octanol–water partition coefficient (Wildman–Crippen LogP) is 3.75. The predicted molar refractivity (Wildman–Crippen MR) is 119 cm³/mol. The molecule has 30 heavy (non-hydrogen) atoms. The molecule has 1 aliphatic rings. The lowest BCUT2D eigenvalue weighted by Gasteiger charge is -2.29. The summed E-state index contributed by atoms with van der Waals surface area (Å²) < 4.78 is 1.81. The van der Waals surface area contributed by atoms with Gasteiger partial charge in [-0.15, -0.1) is 10.2 Å². The number of aromatic nitrogens is 3. The van der Waals surface area contributed by atoms with E-state index in [-0.39, 0.29) is 23.9 Å². The van der Waals surface area contributed by atoms with Gasteiger partial charge in [0.2, 0.25) is 5.91 Å². The molecule has 1 aromatic carbocycles. The van der Waals surface area contributed by atoms with Crippen molar-refractivity contribution >= 4 is 35.2 Å². The standard InChI is InChI=1S/C21H28ClN5O2S/c1-13-6-4-5-7-17(13)24-18(28)12-30-21-26-25-19(27(21)3)14(2)23-20(29)15-8-10-16(22)11-9-15/h8-11,13-14,17H,4-7,12H2,1-3H3,(H,23,29)(H,24,28)/t13-,14+,17+/m1/s1. The molecule has 1 heterocycles. The average Bonchev–Trinajstić information content (AvgIpc) is 3.09. The molecule has 3 rings (SSSR count). The zero-order valence-corrected chi connectivity index (χ0v) is 19.1. The first-order chi connectivity index (χ1) is 14.3. The van der Waals surface area contributed by atoms with Gasteiger partial charge in [0.1, 0.15) is 0 Å². The molecule has 3 atom stereocenters. The second kappa shape index (κ2) is 10.3. The number of thioether (sulfide) groups is 1. The molecule has 1 aliphatic carbocycles. The van der Waals surface area contributed by atoms with Crippen molar-refractivity contribution in [2.75, 3.05) is 5.75 Å². The lowest BCUT2D eigenvalue weighted by Crippen LogP contribution is -2.41. The van der Waals surface area contributed by atoms with Crippen LogP contribution >= 0.6 is 23.4 Å². The lowest BCUT2D eigenvalue weighted by molar-refractivity contribution is -0.119. The number of amides is 2. The normalized spacial score (nSPS) is 19.9. The Morgan fingerprint density at radius 2 is 1.93 bits per heavy atom. The molecule has 2 amide bonds. The summed E-state index contributed by atoms with van der Waals surface area (Å²) in [4.78, 5) is 24.8. The third-order valence-corrected chi connectivity index (χ3v) is 6.77. The molecule has 0 aliphatic heterocycles. The van der Waals surface area contributed by atoms with Crippen LogP contribution in [0.2, 0.25) is 5.02 Å². The zero-order valence-electron chi connectivity index (χ0n) is 17.5. The average molecular weight is 450 g/mol. The molecule has 1 fully saturated rings. The molecule has 2 N–H and O–H groups in total. The highest BCUT2D eigenvalue weighted by atomic mass is 35.5. The van der Waals surface area contributed by atoms with E-state index in [0.717, 1.165) is 6.42 Å². The van der Waals surface area contributed by atoms with Crippen LogP contribution in [0.1, 0.15) is 61.8 Å². The SMILES string of the molecule is C[C@H](NC(=O)c1ccc(Cl)cc1)c1nnc(SCC(=O)N[C@H]2CCCC[C@H]2C)n1C. The van der Waals surface area contributed by atoms with Crippen molar-refractivity contribution in [1.29, 1.82) is 0 Å². The Labute approximate surface area is 186 Å². The molecule has 0 bridgehead atoms. The van der Waals surface area contributed by atoms with Crippen molar-refractivity contribution in [3.63, 3.8) is 0 Å². The molecule has 0 saturated heterocycles. The molecular weight excluding hydrogens is 422 g/mol. The van der Waals surface area contributed by atoms with Crippen LogP contribution in [0.5, 0.6) is 0 Å². The summed E-state index contributed by atoms with van der Waals surface area (Å²) in [7, 11) is 1.84. The van der Waals surface area contributed by atoms with Gasteiger partial charge in [0.15, 0.2) is 11.0 Å². The maximum Gasteiger partial charge on any atom is 0.251 e. The maximum absolute atomic E-state index is 12.4. The van der Waals surface area contributed by atoms with E-state index in [4.69, 9.17) is 11.6 Å². The fourth-order valence-corrected chi connectivity index (χ4v) is 4.54. The van der Waals surface area contributed by atoms with Gasteiger partial charge in [-0.1, -0.05) is 43.1 Å². The molecule has 9 heteroatoms. The summed E-state index contributed by atoms with van der Waals surface area (Å²) in [6.45, 7) is 4.05. The van der Waals surface area contributed by atoms with Gasteiger partial charge in [0, 0.05) is 23.7 Å². The zero-order chi connectivity index (χ0) is 21.7. The van der Waals surface area contributed by atoms with Crippen LogP contribution in [0, 0.1) is 5.92 Å². The first-order valence-electron chi connectivity index (χ1n) is 10.2. The van der Waals surface area contributed by atoms with Crippen LogP contribution in [0.3, 0.4) is 0 Å². The molecular formula is C21H28ClN5O2S. The number of nitrogens with one attached hydrogen (secondary N) is 2. The van der Waals surface area contributed by atoms with E-state index >= 15 is 0 Å². The smallest absolute Gasteiger partial charge is 0.251 e. The summed E-state index contributed by atoms with van der Waals surface area (Å²) in [5, 5.41) is 15.7. The Kier molecular flexibility index (Phi) is 7.77. The number of benzene rings is 1. The molecule has 0 unspecified atom stereocenters. The molecule has 7 nitrogen and oxygen atoms in total. The van der Waals surface area contributed by atoms with E-state index in [1.54, 1.807) is 24.3 Å². The maximum atomic E-state index is 12.4. The summed E-state index contributed by atoms with van der Waals surface area (Å²) in [5.74, 6) is 1.26. The van der Waals surface area contributed by atoms with Crippen LogP contribution in [0.15, 0.2) is 29.4 Å². The topological polar surface area (TPSA) is 88.9 Å². The van der Waals surface area contributed by atoms with Crippen molar-refractivity contribution in [3.8, 4) is 0 Å². The van der Waals surface area contributed by atoms with E-state index < -0.39 is 0 Å². The molecule has 0 spiro atoms. The summed E-state index contributed by atoms with van der Waals surface area (Å²) in [5.41, 5.74) is 0.525. The van der Waals surface area contributed by atoms with E-state index in [9.17, 15) is 9.59 Å². The minimum Gasteiger partial charge on any atom is -0.352 e. The van der Waals surface area contributed by atoms with Crippen molar-refractivity contribution < 1.29 is 9.59 Å². The van der Waals surface area contributed by atoms with Gasteiger partial charge in [-0.25, -0.2) is 0 Å². The number of halogens is 1. The van der Waals surface area contributed by atoms with E-state index in [0.29, 0.717) is 33.2 Å². The lowest BCUT2D eigenvalue weighted by atomic mass is 9.86. The van der Waals surface area contributed by atoms with Gasteiger partial charge in [0.25, 0.3) is 5.91 Å². The fourth-order valence-electron chi connectivity index (χ4n) is 3.68. The molecule has 1 aromatic heterocycles. The Balaban J connectivity index is 1.53. The van der Waals surface area contributed by atoms with E-state index in [1.165, 1.54) is 31.0 Å². The first kappa shape index (κ1) is 22.6. The highest BCUT2D eigenvalue weighted by molar-refractivity contribution is 7.99. The number of hydrogen-bond donors (Lipinski definition) is 2. The third-order valence-electron chi connectivity index (χ3n) is 5.50. The Hall–Kier alpha value is -2.06. The van der Waals surface area contributed by atoms with Gasteiger partial charge < -0.3 is 15.2 Å². The quantitative estimate of drug-likeness (QED) is 0.628. The monoisotopic (exact) mass is 449 g/mol. The van der Waals surface area contributed by atoms with Gasteiger partial charge in [-0.2, -0.15) is 0 Å². The Morgan fingerprint density at radius 1 is 1.23 bits per heavy atom. The van der Waals surface area contributed by atoms with E-state index in [1.807, 2.05) is 18.5 Å². The van der Waals surface area contributed by atoms with Crippen LogP contribution in [-0.2, 0) is 11.8 Å². The van der Waals surface area contributed by atoms with Gasteiger partial charge in [-0.3, -0.25) is 9.59 Å². The number of carbonyl (C=O) groups excluding carboxylic acids is 2. The van der Waals surface area contributed by atoms with E-state index in [2.05, 4.69) is 27.8 Å². The van der Waals surface area contributed by atoms with Crippen molar-refractivity contribution in [2.45, 2.75) is 56.8 Å². The van der Waals surface area contributed by atoms with Gasteiger partial charge in [-0.05, 0) is 49.9 Å². The molecule has 1 saturated carbocycles. The summed E-state index contributed by atoms with van der Waals surface area (Å²) in [6.07, 6.45) is 4.65. The number of hydrogen-bond acceptors (Lipinski definition) is 5. The second-order valence-corrected chi connectivity index (χ2v) is 9.21. The molecule has 162 valence electrons. The third kappa shape index (κ3) is 5.76. The molecule has 0 radical (unpaired) electrons. The Morgan fingerprint density at radius 3 is 2.63 bits per heavy atom. The van der Waals surface area contributed by atoms with Crippen LogP contribution in [-0.4, -0.2) is 38.4 Å². The van der Waals surface area contributed by atoms with Crippen LogP contribution in [0.25, 0.3) is 0 Å². The van der Waals surface area contributed by atoms with Crippen LogP contribution in [0.4, 0.5) is 0 Å². The van der Waals surface area contributed by atoms with Gasteiger partial charge >= 0.3 is 0 Å². The largest absolute Gasteiger partial charge is 0.352 e. The minimum absolute atomic E-state index is 0.0207. The first-order valence-corrected chi connectivity index (χ1v) is 11.6. The number of nitrogens with zero attached hydrogens (tertiary/aromatic N) is 3. The summed E-state index contributed by atoms with van der Waals surface area (Å²) >= 11 is 7.22.